The normalized spacial score (nSPS) is 32.9. The zero-order valence-corrected chi connectivity index (χ0v) is 12.8. The Morgan fingerprint density at radius 3 is 2.76 bits per heavy atom. The van der Waals surface area contributed by atoms with Gasteiger partial charge < -0.3 is 9.64 Å². The maximum absolute atomic E-state index is 12.7. The van der Waals surface area contributed by atoms with E-state index in [9.17, 15) is 4.79 Å². The second-order valence-electron chi connectivity index (χ2n) is 6.31. The van der Waals surface area contributed by atoms with E-state index in [1.165, 1.54) is 0 Å². The number of carbonyl (C=O) groups is 1. The lowest BCUT2D eigenvalue weighted by Gasteiger charge is -2.32. The third-order valence-corrected chi connectivity index (χ3v) is 4.58. The molecule has 114 valence electrons. The summed E-state index contributed by atoms with van der Waals surface area (Å²) in [5.74, 6) is 0.197. The molecule has 0 radical (unpaired) electrons. The molecule has 2 heterocycles. The van der Waals surface area contributed by atoms with Crippen LogP contribution in [0.5, 0.6) is 0 Å². The topological polar surface area (TPSA) is 41.6 Å². The summed E-state index contributed by atoms with van der Waals surface area (Å²) in [6, 6.07) is 10.1. The SMILES string of the molecule is CCC1NC(c2ccccc2)N(CC2(C)CCCO2)C1=O. The average molecular weight is 288 g/mol. The Morgan fingerprint density at radius 2 is 2.14 bits per heavy atom. The summed E-state index contributed by atoms with van der Waals surface area (Å²) in [6.45, 7) is 5.64. The minimum Gasteiger partial charge on any atom is -0.373 e. The number of ether oxygens (including phenoxy) is 1. The summed E-state index contributed by atoms with van der Waals surface area (Å²) >= 11 is 0. The molecule has 0 aliphatic carbocycles. The first-order valence-electron chi connectivity index (χ1n) is 7.88. The van der Waals surface area contributed by atoms with Crippen molar-refractivity contribution in [2.45, 2.75) is 50.9 Å². The smallest absolute Gasteiger partial charge is 0.241 e. The van der Waals surface area contributed by atoms with Gasteiger partial charge in [0.2, 0.25) is 5.91 Å². The molecule has 1 aromatic rings. The molecule has 1 amide bonds. The van der Waals surface area contributed by atoms with Gasteiger partial charge in [-0.3, -0.25) is 10.1 Å². The van der Waals surface area contributed by atoms with Crippen LogP contribution in [0.25, 0.3) is 0 Å². The fraction of sp³-hybridized carbons (Fsp3) is 0.588. The van der Waals surface area contributed by atoms with Crippen molar-refractivity contribution in [2.24, 2.45) is 0 Å². The van der Waals surface area contributed by atoms with Crippen molar-refractivity contribution in [3.63, 3.8) is 0 Å². The summed E-state index contributed by atoms with van der Waals surface area (Å²) in [6.07, 6.45) is 2.88. The van der Waals surface area contributed by atoms with E-state index < -0.39 is 0 Å². The Hall–Kier alpha value is -1.39. The Bertz CT molecular complexity index is 497. The van der Waals surface area contributed by atoms with Crippen molar-refractivity contribution in [1.82, 2.24) is 10.2 Å². The van der Waals surface area contributed by atoms with Crippen LogP contribution in [0.3, 0.4) is 0 Å². The second kappa shape index (κ2) is 5.78. The van der Waals surface area contributed by atoms with Crippen LogP contribution in [-0.2, 0) is 9.53 Å². The van der Waals surface area contributed by atoms with E-state index in [1.54, 1.807) is 0 Å². The summed E-state index contributed by atoms with van der Waals surface area (Å²) in [5, 5.41) is 3.47. The van der Waals surface area contributed by atoms with E-state index in [1.807, 2.05) is 23.1 Å². The standard InChI is InChI=1S/C17H24N2O2/c1-3-14-16(20)19(12-17(2)10-7-11-21-17)15(18-14)13-8-5-4-6-9-13/h4-6,8-9,14-15,18H,3,7,10-12H2,1-2H3. The van der Waals surface area contributed by atoms with Crippen molar-refractivity contribution >= 4 is 5.91 Å². The lowest BCUT2D eigenvalue weighted by Crippen LogP contribution is -2.43. The van der Waals surface area contributed by atoms with Gasteiger partial charge in [-0.15, -0.1) is 0 Å². The molecule has 0 saturated carbocycles. The highest BCUT2D eigenvalue weighted by molar-refractivity contribution is 5.84. The highest BCUT2D eigenvalue weighted by atomic mass is 16.5. The number of amides is 1. The first-order chi connectivity index (χ1) is 10.1. The summed E-state index contributed by atoms with van der Waals surface area (Å²) in [5.41, 5.74) is 0.941. The Morgan fingerprint density at radius 1 is 1.38 bits per heavy atom. The van der Waals surface area contributed by atoms with Crippen molar-refractivity contribution in [1.29, 1.82) is 0 Å². The van der Waals surface area contributed by atoms with Gasteiger partial charge in [0.05, 0.1) is 18.2 Å². The molecule has 3 unspecified atom stereocenters. The fourth-order valence-corrected chi connectivity index (χ4v) is 3.37. The molecule has 2 fully saturated rings. The number of hydrogen-bond donors (Lipinski definition) is 1. The van der Waals surface area contributed by atoms with Crippen molar-refractivity contribution in [3.05, 3.63) is 35.9 Å². The highest BCUT2D eigenvalue weighted by Gasteiger charge is 2.43. The van der Waals surface area contributed by atoms with E-state index in [4.69, 9.17) is 4.74 Å². The van der Waals surface area contributed by atoms with Gasteiger partial charge in [-0.1, -0.05) is 37.3 Å². The predicted molar refractivity (Wildman–Crippen MR) is 81.7 cm³/mol. The van der Waals surface area contributed by atoms with Crippen LogP contribution in [-0.4, -0.2) is 35.6 Å². The molecular weight excluding hydrogens is 264 g/mol. The molecule has 0 spiro atoms. The molecule has 2 aliphatic rings. The maximum atomic E-state index is 12.7. The van der Waals surface area contributed by atoms with E-state index in [-0.39, 0.29) is 23.7 Å². The number of rotatable bonds is 4. The van der Waals surface area contributed by atoms with Crippen LogP contribution >= 0.6 is 0 Å². The fourth-order valence-electron chi connectivity index (χ4n) is 3.37. The molecule has 3 rings (SSSR count). The van der Waals surface area contributed by atoms with Gasteiger partial charge in [-0.25, -0.2) is 0 Å². The molecule has 1 N–H and O–H groups in total. The Kier molecular flexibility index (Phi) is 4.00. The number of nitrogens with one attached hydrogen (secondary N) is 1. The van der Waals surface area contributed by atoms with E-state index in [2.05, 4.69) is 31.3 Å². The second-order valence-corrected chi connectivity index (χ2v) is 6.31. The highest BCUT2D eigenvalue weighted by Crippen LogP contribution is 2.32. The zero-order valence-electron chi connectivity index (χ0n) is 12.8. The van der Waals surface area contributed by atoms with Gasteiger partial charge in [-0.2, -0.15) is 0 Å². The molecule has 4 heteroatoms. The Labute approximate surface area is 126 Å². The lowest BCUT2D eigenvalue weighted by atomic mass is 10.0. The third kappa shape index (κ3) is 2.83. The quantitative estimate of drug-likeness (QED) is 0.925. The maximum Gasteiger partial charge on any atom is 0.241 e. The van der Waals surface area contributed by atoms with Gasteiger partial charge in [-0.05, 0) is 31.7 Å². The third-order valence-electron chi connectivity index (χ3n) is 4.58. The van der Waals surface area contributed by atoms with Crippen LogP contribution in [0.2, 0.25) is 0 Å². The van der Waals surface area contributed by atoms with E-state index >= 15 is 0 Å². The molecule has 4 nitrogen and oxygen atoms in total. The van der Waals surface area contributed by atoms with Gasteiger partial charge in [0.25, 0.3) is 0 Å². The van der Waals surface area contributed by atoms with Crippen molar-refractivity contribution in [3.8, 4) is 0 Å². The predicted octanol–water partition coefficient (Wildman–Crippen LogP) is 2.46. The van der Waals surface area contributed by atoms with Crippen molar-refractivity contribution < 1.29 is 9.53 Å². The number of nitrogens with zero attached hydrogens (tertiary/aromatic N) is 1. The molecule has 2 aliphatic heterocycles. The van der Waals surface area contributed by atoms with Crippen LogP contribution < -0.4 is 5.32 Å². The van der Waals surface area contributed by atoms with Crippen LogP contribution in [0.15, 0.2) is 30.3 Å². The average Bonchev–Trinajstić information content (AvgIpc) is 3.06. The molecule has 0 bridgehead atoms. The van der Waals surface area contributed by atoms with Gasteiger partial charge in [0.15, 0.2) is 0 Å². The molecule has 2 saturated heterocycles. The monoisotopic (exact) mass is 288 g/mol. The van der Waals surface area contributed by atoms with Crippen LogP contribution in [0.4, 0.5) is 0 Å². The summed E-state index contributed by atoms with van der Waals surface area (Å²) in [4.78, 5) is 14.6. The minimum absolute atomic E-state index is 0.0373. The van der Waals surface area contributed by atoms with Gasteiger partial charge in [0.1, 0.15) is 6.17 Å². The number of benzene rings is 1. The summed E-state index contributed by atoms with van der Waals surface area (Å²) < 4.78 is 5.88. The van der Waals surface area contributed by atoms with E-state index in [0.717, 1.165) is 31.4 Å². The summed E-state index contributed by atoms with van der Waals surface area (Å²) in [7, 11) is 0. The van der Waals surface area contributed by atoms with Crippen LogP contribution in [0, 0.1) is 0 Å². The van der Waals surface area contributed by atoms with Gasteiger partial charge >= 0.3 is 0 Å². The molecule has 3 atom stereocenters. The molecule has 0 aromatic heterocycles. The largest absolute Gasteiger partial charge is 0.373 e. The minimum atomic E-state index is -0.201. The molecule has 21 heavy (non-hydrogen) atoms. The van der Waals surface area contributed by atoms with Crippen molar-refractivity contribution in [2.75, 3.05) is 13.2 Å². The molecular formula is C17H24N2O2. The Balaban J connectivity index is 1.84. The van der Waals surface area contributed by atoms with E-state index in [0.29, 0.717) is 6.54 Å². The first kappa shape index (κ1) is 14.5. The van der Waals surface area contributed by atoms with Crippen LogP contribution in [0.1, 0.15) is 44.8 Å². The lowest BCUT2D eigenvalue weighted by molar-refractivity contribution is -0.133. The number of carbonyl (C=O) groups excluding carboxylic acids is 1. The first-order valence-corrected chi connectivity index (χ1v) is 7.88. The molecule has 1 aromatic carbocycles. The van der Waals surface area contributed by atoms with Gasteiger partial charge in [0, 0.05) is 6.61 Å². The number of hydrogen-bond acceptors (Lipinski definition) is 3. The zero-order chi connectivity index (χ0) is 14.9.